The number of hydrogen-bond acceptors (Lipinski definition) is 5. The lowest BCUT2D eigenvalue weighted by atomic mass is 10.1. The molecule has 1 atom stereocenters. The fourth-order valence-electron chi connectivity index (χ4n) is 4.39. The van der Waals surface area contributed by atoms with Crippen molar-refractivity contribution in [3.05, 3.63) is 60.2 Å². The number of amides is 2. The van der Waals surface area contributed by atoms with Crippen molar-refractivity contribution >= 4 is 21.8 Å². The standard InChI is InChI=1S/C27H37N3O5S/c1-21(27(32)28-23-10-7-8-11-23)30(20-22-15-17-24(35-3)18-16-22)26(31)14-9-19-29(2)36(33,34)25-12-5-4-6-13-25/h4-6,12-13,15-18,21,23H,7-11,14,19-20H2,1-3H3,(H,28,32). The summed E-state index contributed by atoms with van der Waals surface area (Å²) in [5, 5.41) is 3.09. The number of ether oxygens (including phenoxy) is 1. The SMILES string of the molecule is COc1ccc(CN(C(=O)CCCN(C)S(=O)(=O)c2ccccc2)C(C)C(=O)NC2CCCC2)cc1. The zero-order valence-corrected chi connectivity index (χ0v) is 22.2. The molecule has 0 saturated heterocycles. The van der Waals surface area contributed by atoms with E-state index < -0.39 is 16.1 Å². The molecule has 1 aliphatic carbocycles. The predicted octanol–water partition coefficient (Wildman–Crippen LogP) is 3.57. The zero-order valence-electron chi connectivity index (χ0n) is 21.4. The largest absolute Gasteiger partial charge is 0.497 e. The minimum Gasteiger partial charge on any atom is -0.497 e. The Balaban J connectivity index is 1.65. The molecular weight excluding hydrogens is 478 g/mol. The molecule has 2 aromatic rings. The Kier molecular flexibility index (Phi) is 9.89. The van der Waals surface area contributed by atoms with Gasteiger partial charge in [-0.1, -0.05) is 43.2 Å². The number of nitrogens with one attached hydrogen (secondary N) is 1. The average Bonchev–Trinajstić information content (AvgIpc) is 3.40. The first-order chi connectivity index (χ1) is 17.2. The molecule has 0 heterocycles. The summed E-state index contributed by atoms with van der Waals surface area (Å²) in [5.74, 6) is 0.365. The number of carbonyl (C=O) groups excluding carboxylic acids is 2. The maximum Gasteiger partial charge on any atom is 0.242 e. The van der Waals surface area contributed by atoms with E-state index in [1.54, 1.807) is 49.3 Å². The van der Waals surface area contributed by atoms with Crippen LogP contribution in [0.4, 0.5) is 0 Å². The highest BCUT2D eigenvalue weighted by atomic mass is 32.2. The van der Waals surface area contributed by atoms with E-state index in [0.29, 0.717) is 12.2 Å². The van der Waals surface area contributed by atoms with Crippen molar-refractivity contribution in [1.82, 2.24) is 14.5 Å². The Hall–Kier alpha value is -2.91. The second-order valence-electron chi connectivity index (χ2n) is 9.28. The highest BCUT2D eigenvalue weighted by Crippen LogP contribution is 2.20. The van der Waals surface area contributed by atoms with Crippen LogP contribution in [-0.4, -0.2) is 62.2 Å². The van der Waals surface area contributed by atoms with Crippen molar-refractivity contribution in [1.29, 1.82) is 0 Å². The third-order valence-corrected chi connectivity index (χ3v) is 8.57. The van der Waals surface area contributed by atoms with E-state index in [1.165, 1.54) is 11.4 Å². The maximum atomic E-state index is 13.3. The lowest BCUT2D eigenvalue weighted by Gasteiger charge is -2.30. The summed E-state index contributed by atoms with van der Waals surface area (Å²) in [6.45, 7) is 2.22. The lowest BCUT2D eigenvalue weighted by Crippen LogP contribution is -2.49. The molecule has 2 aromatic carbocycles. The van der Waals surface area contributed by atoms with Crippen molar-refractivity contribution < 1.29 is 22.7 Å². The van der Waals surface area contributed by atoms with Crippen LogP contribution < -0.4 is 10.1 Å². The molecule has 0 aromatic heterocycles. The maximum absolute atomic E-state index is 13.3. The van der Waals surface area contributed by atoms with Gasteiger partial charge in [0.05, 0.1) is 12.0 Å². The molecule has 196 valence electrons. The summed E-state index contributed by atoms with van der Waals surface area (Å²) in [4.78, 5) is 28.1. The first kappa shape index (κ1) is 27.7. The molecule has 9 heteroatoms. The number of carbonyl (C=O) groups is 2. The number of nitrogens with zero attached hydrogens (tertiary/aromatic N) is 2. The van der Waals surface area contributed by atoms with Crippen LogP contribution in [0.2, 0.25) is 0 Å². The highest BCUT2D eigenvalue weighted by molar-refractivity contribution is 7.89. The molecule has 36 heavy (non-hydrogen) atoms. The third kappa shape index (κ3) is 7.30. The summed E-state index contributed by atoms with van der Waals surface area (Å²) >= 11 is 0. The molecule has 1 unspecified atom stereocenters. The zero-order chi connectivity index (χ0) is 26.1. The van der Waals surface area contributed by atoms with Crippen molar-refractivity contribution in [2.45, 2.75) is 69.0 Å². The van der Waals surface area contributed by atoms with Crippen LogP contribution in [0.5, 0.6) is 5.75 Å². The van der Waals surface area contributed by atoms with Crippen molar-refractivity contribution in [3.63, 3.8) is 0 Å². The minimum atomic E-state index is -3.62. The average molecular weight is 516 g/mol. The van der Waals surface area contributed by atoms with Crippen LogP contribution in [0.15, 0.2) is 59.5 Å². The number of methoxy groups -OCH3 is 1. The Morgan fingerprint density at radius 1 is 1.06 bits per heavy atom. The van der Waals surface area contributed by atoms with Crippen LogP contribution in [-0.2, 0) is 26.2 Å². The Labute approximate surface area is 214 Å². The van der Waals surface area contributed by atoms with Crippen LogP contribution in [0.25, 0.3) is 0 Å². The second kappa shape index (κ2) is 12.9. The normalized spacial score (nSPS) is 15.0. The molecule has 8 nitrogen and oxygen atoms in total. The topological polar surface area (TPSA) is 96.0 Å². The van der Waals surface area contributed by atoms with Gasteiger partial charge in [0.1, 0.15) is 11.8 Å². The van der Waals surface area contributed by atoms with E-state index in [-0.39, 0.29) is 42.3 Å². The van der Waals surface area contributed by atoms with E-state index in [4.69, 9.17) is 4.74 Å². The van der Waals surface area contributed by atoms with Crippen molar-refractivity contribution in [3.8, 4) is 5.75 Å². The molecule has 2 amide bonds. The molecular formula is C27H37N3O5S. The first-order valence-electron chi connectivity index (χ1n) is 12.5. The molecule has 0 bridgehead atoms. The number of rotatable bonds is 12. The molecule has 0 aliphatic heterocycles. The van der Waals surface area contributed by atoms with Gasteiger partial charge >= 0.3 is 0 Å². The van der Waals surface area contributed by atoms with Gasteiger partial charge in [0.25, 0.3) is 0 Å². The van der Waals surface area contributed by atoms with Gasteiger partial charge in [0, 0.05) is 32.6 Å². The molecule has 3 rings (SSSR count). The Morgan fingerprint density at radius 3 is 2.31 bits per heavy atom. The number of benzene rings is 2. The van der Waals surface area contributed by atoms with E-state index in [9.17, 15) is 18.0 Å². The summed E-state index contributed by atoms with van der Waals surface area (Å²) in [5.41, 5.74) is 0.883. The monoisotopic (exact) mass is 515 g/mol. The van der Waals surface area contributed by atoms with E-state index in [1.807, 2.05) is 24.3 Å². The molecule has 1 aliphatic rings. The van der Waals surface area contributed by atoms with E-state index in [0.717, 1.165) is 31.2 Å². The summed E-state index contributed by atoms with van der Waals surface area (Å²) in [6.07, 6.45) is 4.62. The molecule has 0 spiro atoms. The number of sulfonamides is 1. The smallest absolute Gasteiger partial charge is 0.242 e. The number of hydrogen-bond donors (Lipinski definition) is 1. The fraction of sp³-hybridized carbons (Fsp3) is 0.481. The Morgan fingerprint density at radius 2 is 1.69 bits per heavy atom. The van der Waals surface area contributed by atoms with Gasteiger partial charge < -0.3 is 15.0 Å². The van der Waals surface area contributed by atoms with Gasteiger partial charge in [-0.3, -0.25) is 9.59 Å². The molecule has 1 fully saturated rings. The van der Waals surface area contributed by atoms with Crippen molar-refractivity contribution in [2.75, 3.05) is 20.7 Å². The minimum absolute atomic E-state index is 0.131. The van der Waals surface area contributed by atoms with E-state index >= 15 is 0 Å². The van der Waals surface area contributed by atoms with Gasteiger partial charge in [-0.15, -0.1) is 0 Å². The molecule has 0 radical (unpaired) electrons. The van der Waals surface area contributed by atoms with Crippen molar-refractivity contribution in [2.24, 2.45) is 0 Å². The Bertz CT molecular complexity index is 1100. The summed E-state index contributed by atoms with van der Waals surface area (Å²) in [6, 6.07) is 15.1. The predicted molar refractivity (Wildman–Crippen MR) is 139 cm³/mol. The summed E-state index contributed by atoms with van der Waals surface area (Å²) < 4.78 is 32.0. The van der Waals surface area contributed by atoms with Crippen LogP contribution in [0.3, 0.4) is 0 Å². The fourth-order valence-corrected chi connectivity index (χ4v) is 5.62. The van der Waals surface area contributed by atoms with Crippen LogP contribution in [0.1, 0.15) is 51.0 Å². The van der Waals surface area contributed by atoms with Gasteiger partial charge in [-0.05, 0) is 56.0 Å². The first-order valence-corrected chi connectivity index (χ1v) is 13.9. The summed E-state index contributed by atoms with van der Waals surface area (Å²) in [7, 11) is -0.517. The van der Waals surface area contributed by atoms with Gasteiger partial charge in [0.15, 0.2) is 0 Å². The molecule has 1 N–H and O–H groups in total. The van der Waals surface area contributed by atoms with Gasteiger partial charge in [0.2, 0.25) is 21.8 Å². The lowest BCUT2D eigenvalue weighted by molar-refractivity contribution is -0.141. The van der Waals surface area contributed by atoms with Gasteiger partial charge in [-0.2, -0.15) is 0 Å². The van der Waals surface area contributed by atoms with Gasteiger partial charge in [-0.25, -0.2) is 12.7 Å². The quantitative estimate of drug-likeness (QED) is 0.466. The van der Waals surface area contributed by atoms with Crippen LogP contribution in [0, 0.1) is 0 Å². The van der Waals surface area contributed by atoms with E-state index in [2.05, 4.69) is 5.32 Å². The second-order valence-corrected chi connectivity index (χ2v) is 11.3. The highest BCUT2D eigenvalue weighted by Gasteiger charge is 2.28. The van der Waals surface area contributed by atoms with Crippen LogP contribution >= 0.6 is 0 Å². The third-order valence-electron chi connectivity index (χ3n) is 6.70. The molecule has 1 saturated carbocycles.